The Bertz CT molecular complexity index is 1260. The van der Waals surface area contributed by atoms with Gasteiger partial charge >= 0.3 is 0 Å². The molecule has 6 nitrogen and oxygen atoms in total. The van der Waals surface area contributed by atoms with E-state index in [1.807, 2.05) is 46.2 Å². The summed E-state index contributed by atoms with van der Waals surface area (Å²) in [6.07, 6.45) is 4.01. The summed E-state index contributed by atoms with van der Waals surface area (Å²) >= 11 is 3.50. The van der Waals surface area contributed by atoms with Crippen molar-refractivity contribution in [1.82, 2.24) is 19.2 Å². The number of carbonyl (C=O) groups excluding carboxylic acids is 1. The zero-order valence-corrected chi connectivity index (χ0v) is 18.8. The first-order valence-corrected chi connectivity index (χ1v) is 10.8. The third-order valence-electron chi connectivity index (χ3n) is 5.55. The van der Waals surface area contributed by atoms with Crippen molar-refractivity contribution in [1.29, 1.82) is 0 Å². The standard InChI is InChI=1S/C24H21BrN4O2/c1-16-5-7-17(8-6-16)29-23(27-11-3-4-12-27)20-14-28(15-22(20)26-29)24(30)19-13-18(31-2)9-10-21(19)25/h3-13H,14-15H2,1-2H3. The summed E-state index contributed by atoms with van der Waals surface area (Å²) in [6.45, 7) is 3.03. The van der Waals surface area contributed by atoms with Crippen molar-refractivity contribution in [2.45, 2.75) is 20.0 Å². The Morgan fingerprint density at radius 2 is 1.81 bits per heavy atom. The Kier molecular flexibility index (Phi) is 4.90. The molecule has 0 saturated carbocycles. The molecule has 0 aliphatic carbocycles. The van der Waals surface area contributed by atoms with Crippen LogP contribution in [0.4, 0.5) is 0 Å². The lowest BCUT2D eigenvalue weighted by atomic mass is 10.2. The fraction of sp³-hybridized carbons (Fsp3) is 0.167. The molecule has 5 rings (SSSR count). The van der Waals surface area contributed by atoms with E-state index in [1.54, 1.807) is 13.2 Å². The quantitative estimate of drug-likeness (QED) is 0.420. The molecule has 0 radical (unpaired) electrons. The van der Waals surface area contributed by atoms with Gasteiger partial charge in [0.05, 0.1) is 37.1 Å². The van der Waals surface area contributed by atoms with Crippen molar-refractivity contribution in [2.24, 2.45) is 0 Å². The van der Waals surface area contributed by atoms with E-state index in [1.165, 1.54) is 5.56 Å². The molecule has 0 spiro atoms. The van der Waals surface area contributed by atoms with E-state index in [9.17, 15) is 4.79 Å². The van der Waals surface area contributed by atoms with Gasteiger partial charge in [-0.2, -0.15) is 5.10 Å². The van der Waals surface area contributed by atoms with Gasteiger partial charge in [0.15, 0.2) is 0 Å². The third-order valence-corrected chi connectivity index (χ3v) is 6.24. The highest BCUT2D eigenvalue weighted by Crippen LogP contribution is 2.33. The fourth-order valence-electron chi connectivity index (χ4n) is 3.92. The molecule has 0 saturated heterocycles. The second-order valence-corrected chi connectivity index (χ2v) is 8.45. The van der Waals surface area contributed by atoms with Crippen LogP contribution in [-0.4, -0.2) is 32.3 Å². The number of nitrogens with zero attached hydrogens (tertiary/aromatic N) is 4. The van der Waals surface area contributed by atoms with Crippen LogP contribution in [0.2, 0.25) is 0 Å². The lowest BCUT2D eigenvalue weighted by molar-refractivity contribution is 0.0748. The van der Waals surface area contributed by atoms with E-state index in [4.69, 9.17) is 9.84 Å². The Balaban J connectivity index is 1.53. The number of hydrogen-bond acceptors (Lipinski definition) is 3. The van der Waals surface area contributed by atoms with Crippen molar-refractivity contribution < 1.29 is 9.53 Å². The molecule has 0 bridgehead atoms. The Morgan fingerprint density at radius 1 is 1.06 bits per heavy atom. The van der Waals surface area contributed by atoms with E-state index in [-0.39, 0.29) is 5.91 Å². The van der Waals surface area contributed by atoms with Crippen LogP contribution in [0.5, 0.6) is 5.75 Å². The molecule has 1 amide bonds. The van der Waals surface area contributed by atoms with Gasteiger partial charge in [-0.05, 0) is 65.3 Å². The molecule has 3 heterocycles. The number of halogens is 1. The van der Waals surface area contributed by atoms with E-state index in [0.717, 1.165) is 27.2 Å². The largest absolute Gasteiger partial charge is 0.497 e. The van der Waals surface area contributed by atoms with Crippen LogP contribution in [0.3, 0.4) is 0 Å². The van der Waals surface area contributed by atoms with Gasteiger partial charge in [0.25, 0.3) is 5.91 Å². The molecule has 1 aliphatic heterocycles. The maximum Gasteiger partial charge on any atom is 0.255 e. The van der Waals surface area contributed by atoms with Crippen LogP contribution in [-0.2, 0) is 13.1 Å². The second kappa shape index (κ2) is 7.74. The van der Waals surface area contributed by atoms with Gasteiger partial charge in [-0.25, -0.2) is 4.68 Å². The van der Waals surface area contributed by atoms with Crippen LogP contribution in [0.1, 0.15) is 27.2 Å². The fourth-order valence-corrected chi connectivity index (χ4v) is 4.33. The predicted molar refractivity (Wildman–Crippen MR) is 122 cm³/mol. The molecule has 4 aromatic rings. The van der Waals surface area contributed by atoms with Crippen molar-refractivity contribution in [3.63, 3.8) is 0 Å². The molecule has 0 atom stereocenters. The molecule has 0 unspecified atom stereocenters. The number of methoxy groups -OCH3 is 1. The number of benzene rings is 2. The highest BCUT2D eigenvalue weighted by atomic mass is 79.9. The van der Waals surface area contributed by atoms with Gasteiger partial charge in [-0.1, -0.05) is 17.7 Å². The van der Waals surface area contributed by atoms with Crippen LogP contribution in [0, 0.1) is 6.92 Å². The highest BCUT2D eigenvalue weighted by Gasteiger charge is 2.32. The van der Waals surface area contributed by atoms with Crippen LogP contribution >= 0.6 is 15.9 Å². The number of fused-ring (bicyclic) bond motifs is 1. The van der Waals surface area contributed by atoms with E-state index in [2.05, 4.69) is 51.7 Å². The Morgan fingerprint density at radius 3 is 2.52 bits per heavy atom. The molecule has 7 heteroatoms. The van der Waals surface area contributed by atoms with Gasteiger partial charge < -0.3 is 14.2 Å². The average molecular weight is 477 g/mol. The van der Waals surface area contributed by atoms with Gasteiger partial charge in [-0.3, -0.25) is 4.79 Å². The summed E-state index contributed by atoms with van der Waals surface area (Å²) in [7, 11) is 1.60. The molecule has 156 valence electrons. The maximum atomic E-state index is 13.3. The summed E-state index contributed by atoms with van der Waals surface area (Å²) in [5.41, 5.74) is 4.75. The first-order valence-electron chi connectivity index (χ1n) is 9.99. The van der Waals surface area contributed by atoms with E-state index in [0.29, 0.717) is 24.4 Å². The van der Waals surface area contributed by atoms with Crippen LogP contribution in [0.25, 0.3) is 11.5 Å². The Labute approximate surface area is 188 Å². The first kappa shape index (κ1) is 19.6. The summed E-state index contributed by atoms with van der Waals surface area (Å²) in [5.74, 6) is 1.56. The second-order valence-electron chi connectivity index (χ2n) is 7.59. The summed E-state index contributed by atoms with van der Waals surface area (Å²) < 4.78 is 10.1. The molecular weight excluding hydrogens is 456 g/mol. The van der Waals surface area contributed by atoms with E-state index >= 15 is 0 Å². The molecule has 2 aromatic carbocycles. The summed E-state index contributed by atoms with van der Waals surface area (Å²) in [4.78, 5) is 15.1. The minimum atomic E-state index is -0.0517. The first-order chi connectivity index (χ1) is 15.0. The van der Waals surface area contributed by atoms with Crippen molar-refractivity contribution in [3.05, 3.63) is 93.8 Å². The molecule has 31 heavy (non-hydrogen) atoms. The number of carbonyl (C=O) groups is 1. The van der Waals surface area contributed by atoms with Crippen LogP contribution in [0.15, 0.2) is 71.5 Å². The monoisotopic (exact) mass is 476 g/mol. The number of hydrogen-bond donors (Lipinski definition) is 0. The van der Waals surface area contributed by atoms with Crippen molar-refractivity contribution >= 4 is 21.8 Å². The van der Waals surface area contributed by atoms with Gasteiger partial charge in [-0.15, -0.1) is 0 Å². The average Bonchev–Trinajstić information content (AvgIpc) is 3.50. The normalized spacial score (nSPS) is 12.8. The third kappa shape index (κ3) is 3.45. The molecule has 2 aromatic heterocycles. The maximum absolute atomic E-state index is 13.3. The smallest absolute Gasteiger partial charge is 0.255 e. The molecular formula is C24H21BrN4O2. The number of rotatable bonds is 4. The number of amides is 1. The number of aryl methyl sites for hydroxylation is 1. The van der Waals surface area contributed by atoms with Crippen molar-refractivity contribution in [3.8, 4) is 17.3 Å². The molecule has 0 N–H and O–H groups in total. The summed E-state index contributed by atoms with van der Waals surface area (Å²) in [6, 6.07) is 17.7. The lowest BCUT2D eigenvalue weighted by Gasteiger charge is -2.18. The van der Waals surface area contributed by atoms with Crippen molar-refractivity contribution in [2.75, 3.05) is 7.11 Å². The van der Waals surface area contributed by atoms with Crippen LogP contribution < -0.4 is 4.74 Å². The zero-order chi connectivity index (χ0) is 21.5. The number of aromatic nitrogens is 3. The molecule has 1 aliphatic rings. The van der Waals surface area contributed by atoms with Gasteiger partial charge in [0.1, 0.15) is 11.6 Å². The lowest BCUT2D eigenvalue weighted by Crippen LogP contribution is -2.26. The SMILES string of the molecule is COc1ccc(Br)c(C(=O)N2Cc3nn(-c4ccc(C)cc4)c(-n4cccc4)c3C2)c1. The zero-order valence-electron chi connectivity index (χ0n) is 17.2. The van der Waals surface area contributed by atoms with E-state index < -0.39 is 0 Å². The minimum absolute atomic E-state index is 0.0517. The highest BCUT2D eigenvalue weighted by molar-refractivity contribution is 9.10. The van der Waals surface area contributed by atoms with Gasteiger partial charge in [0, 0.05) is 22.4 Å². The Hall–Kier alpha value is -3.32. The molecule has 0 fully saturated rings. The number of ether oxygens (including phenoxy) is 1. The van der Waals surface area contributed by atoms with Gasteiger partial charge in [0.2, 0.25) is 0 Å². The predicted octanol–water partition coefficient (Wildman–Crippen LogP) is 4.90. The topological polar surface area (TPSA) is 52.3 Å². The minimum Gasteiger partial charge on any atom is -0.497 e. The summed E-state index contributed by atoms with van der Waals surface area (Å²) in [5, 5.41) is 4.89.